The van der Waals surface area contributed by atoms with Gasteiger partial charge >= 0.3 is 13.8 Å². The number of hydrogen-bond donors (Lipinski definition) is 3. The number of carbonyl (C=O) groups excluding carboxylic acids is 1. The maximum atomic E-state index is 12.7. The fourth-order valence-corrected chi connectivity index (χ4v) is 7.85. The molecule has 0 aromatic heterocycles. The number of esters is 1. The lowest BCUT2D eigenvalue weighted by atomic mass is 10.0. The van der Waals surface area contributed by atoms with Crippen LogP contribution in [0.1, 0.15) is 219 Å². The van der Waals surface area contributed by atoms with E-state index in [1.807, 2.05) is 0 Å². The van der Waals surface area contributed by atoms with Crippen LogP contribution >= 0.6 is 7.82 Å². The number of phosphoric acid groups is 1. The first kappa shape index (κ1) is 63.6. The lowest BCUT2D eigenvalue weighted by Crippen LogP contribution is -2.29. The van der Waals surface area contributed by atoms with Crippen molar-refractivity contribution in [1.82, 2.24) is 0 Å². The average Bonchev–Trinajstić information content (AvgIpc) is 3.31. The summed E-state index contributed by atoms with van der Waals surface area (Å²) in [7, 11) is -4.54. The highest BCUT2D eigenvalue weighted by atomic mass is 31.2. The molecular weight excluding hydrogens is 848 g/mol. The number of allylic oxidation sites excluding steroid dienone is 14. The van der Waals surface area contributed by atoms with Gasteiger partial charge in [-0.2, -0.15) is 0 Å². The predicted octanol–water partition coefficient (Wildman–Crippen LogP) is 15.8. The number of aliphatic hydroxyl groups excluding tert-OH is 2. The van der Waals surface area contributed by atoms with E-state index in [0.717, 1.165) is 70.6 Å². The second-order valence-electron chi connectivity index (χ2n) is 17.5. The summed E-state index contributed by atoms with van der Waals surface area (Å²) in [5, 5.41) is 18.4. The molecule has 3 atom stereocenters. The molecule has 0 saturated carbocycles. The largest absolute Gasteiger partial charge is 0.472 e. The van der Waals surface area contributed by atoms with Gasteiger partial charge in [0.15, 0.2) is 0 Å². The molecule has 3 N–H and O–H groups in total. The van der Waals surface area contributed by atoms with Gasteiger partial charge in [0, 0.05) is 13.0 Å². The summed E-state index contributed by atoms with van der Waals surface area (Å²) >= 11 is 0. The zero-order chi connectivity index (χ0) is 48.1. The molecule has 0 aliphatic carbocycles. The Kier molecular flexibility index (Phi) is 50.2. The molecule has 0 aromatic rings. The maximum Gasteiger partial charge on any atom is 0.472 e. The standard InChI is InChI=1S/C56H99O9P/c1-3-5-7-9-11-13-15-17-19-21-23-25-26-27-29-31-33-35-37-39-41-43-45-47-49-62-52-55(53-64-66(60,61)63-51-54(58)50-57)65-56(59)48-46-44-42-40-38-36-34-32-30-28-24-22-20-18-16-14-12-10-8-6-4-2/h6,8,12,14,18,20-21,23-24,28,32,34,38,40,54-55,57-58H,3-5,7,9-11,13,15-17,19,22,25-27,29-31,33,35-37,39,41-53H2,1-2H3,(H,60,61)/b8-6-,14-12-,20-18-,23-21-,28-24-,34-32-,40-38-. The highest BCUT2D eigenvalue weighted by Crippen LogP contribution is 2.43. The molecular formula is C56H99O9P. The van der Waals surface area contributed by atoms with E-state index in [9.17, 15) is 19.4 Å². The van der Waals surface area contributed by atoms with Crippen molar-refractivity contribution < 1.29 is 43.0 Å². The molecule has 0 aromatic carbocycles. The van der Waals surface area contributed by atoms with Crippen LogP contribution in [-0.2, 0) is 27.9 Å². The number of rotatable bonds is 50. The molecule has 0 amide bonds. The molecule has 0 aliphatic heterocycles. The van der Waals surface area contributed by atoms with E-state index in [0.29, 0.717) is 13.0 Å². The van der Waals surface area contributed by atoms with Gasteiger partial charge in [0.2, 0.25) is 0 Å². The molecule has 0 rings (SSSR count). The molecule has 0 aliphatic rings. The summed E-state index contributed by atoms with van der Waals surface area (Å²) in [6.07, 6.45) is 65.6. The first-order valence-corrected chi connectivity index (χ1v) is 28.1. The summed E-state index contributed by atoms with van der Waals surface area (Å²) in [4.78, 5) is 22.7. The molecule has 0 radical (unpaired) electrons. The fraction of sp³-hybridized carbons (Fsp3) is 0.732. The van der Waals surface area contributed by atoms with Crippen molar-refractivity contribution in [2.75, 3.05) is 33.0 Å². The summed E-state index contributed by atoms with van der Waals surface area (Å²) in [5.41, 5.74) is 0. The first-order chi connectivity index (χ1) is 32.3. The fourth-order valence-electron chi connectivity index (χ4n) is 7.06. The van der Waals surface area contributed by atoms with Crippen molar-refractivity contribution in [2.45, 2.75) is 232 Å². The lowest BCUT2D eigenvalue weighted by molar-refractivity contribution is -0.154. The second-order valence-corrected chi connectivity index (χ2v) is 19.0. The average molecular weight is 947 g/mol. The summed E-state index contributed by atoms with van der Waals surface area (Å²) < 4.78 is 33.5. The minimum Gasteiger partial charge on any atom is -0.457 e. The van der Waals surface area contributed by atoms with Gasteiger partial charge in [-0.3, -0.25) is 13.8 Å². The number of aliphatic hydroxyl groups is 2. The number of phosphoric ester groups is 1. The third-order valence-electron chi connectivity index (χ3n) is 11.1. The van der Waals surface area contributed by atoms with Crippen molar-refractivity contribution in [3.8, 4) is 0 Å². The minimum absolute atomic E-state index is 0.0274. The van der Waals surface area contributed by atoms with Crippen LogP contribution in [0.15, 0.2) is 85.1 Å². The molecule has 382 valence electrons. The van der Waals surface area contributed by atoms with E-state index in [1.165, 1.54) is 122 Å². The van der Waals surface area contributed by atoms with Gasteiger partial charge in [0.05, 0.1) is 26.4 Å². The van der Waals surface area contributed by atoms with Crippen molar-refractivity contribution in [3.05, 3.63) is 85.1 Å². The van der Waals surface area contributed by atoms with Gasteiger partial charge in [-0.15, -0.1) is 0 Å². The Bertz CT molecular complexity index is 1300. The van der Waals surface area contributed by atoms with E-state index in [2.05, 4.69) is 98.9 Å². The van der Waals surface area contributed by atoms with Gasteiger partial charge in [-0.05, 0) is 89.9 Å². The quantitative estimate of drug-likeness (QED) is 0.0236. The summed E-state index contributed by atoms with van der Waals surface area (Å²) in [5.74, 6) is -0.424. The molecule has 0 spiro atoms. The number of unbranched alkanes of at least 4 members (excludes halogenated alkanes) is 22. The van der Waals surface area contributed by atoms with Gasteiger partial charge in [-0.25, -0.2) is 4.57 Å². The monoisotopic (exact) mass is 947 g/mol. The minimum atomic E-state index is -4.54. The van der Waals surface area contributed by atoms with Crippen LogP contribution in [0.3, 0.4) is 0 Å². The Balaban J connectivity index is 4.13. The zero-order valence-electron chi connectivity index (χ0n) is 42.1. The highest BCUT2D eigenvalue weighted by Gasteiger charge is 2.26. The van der Waals surface area contributed by atoms with Gasteiger partial charge < -0.3 is 24.6 Å². The first-order valence-electron chi connectivity index (χ1n) is 26.6. The highest BCUT2D eigenvalue weighted by molar-refractivity contribution is 7.47. The van der Waals surface area contributed by atoms with Crippen molar-refractivity contribution >= 4 is 13.8 Å². The topological polar surface area (TPSA) is 132 Å². The normalized spacial score (nSPS) is 14.4. The molecule has 0 bridgehead atoms. The molecule has 3 unspecified atom stereocenters. The van der Waals surface area contributed by atoms with Crippen LogP contribution < -0.4 is 0 Å². The predicted molar refractivity (Wildman–Crippen MR) is 279 cm³/mol. The Morgan fingerprint density at radius 1 is 0.485 bits per heavy atom. The second kappa shape index (κ2) is 52.0. The van der Waals surface area contributed by atoms with Crippen molar-refractivity contribution in [3.63, 3.8) is 0 Å². The van der Waals surface area contributed by atoms with Crippen LogP contribution in [-0.4, -0.2) is 66.3 Å². The SMILES string of the molecule is CC/C=C\C/C=C\C/C=C\C/C=C\C/C=C\C/C=C\CCCCC(=O)OC(COCCCCCCCCCCCCCC/C=C\CCCCCCCCCC)COP(=O)(O)OCC(O)CO. The zero-order valence-corrected chi connectivity index (χ0v) is 43.0. The summed E-state index contributed by atoms with van der Waals surface area (Å²) in [6, 6.07) is 0. The molecule has 0 fully saturated rings. The molecule has 9 nitrogen and oxygen atoms in total. The Morgan fingerprint density at radius 2 is 0.864 bits per heavy atom. The molecule has 0 heterocycles. The smallest absolute Gasteiger partial charge is 0.457 e. The van der Waals surface area contributed by atoms with Crippen LogP contribution in [0, 0.1) is 0 Å². The van der Waals surface area contributed by atoms with Crippen molar-refractivity contribution in [1.29, 1.82) is 0 Å². The van der Waals surface area contributed by atoms with Crippen LogP contribution in [0.4, 0.5) is 0 Å². The number of ether oxygens (including phenoxy) is 2. The molecule has 0 saturated heterocycles. The van der Waals surface area contributed by atoms with Gasteiger partial charge in [0.1, 0.15) is 12.2 Å². The van der Waals surface area contributed by atoms with Crippen molar-refractivity contribution in [2.24, 2.45) is 0 Å². The van der Waals surface area contributed by atoms with E-state index in [1.54, 1.807) is 0 Å². The Morgan fingerprint density at radius 3 is 1.32 bits per heavy atom. The van der Waals surface area contributed by atoms with E-state index < -0.39 is 45.8 Å². The van der Waals surface area contributed by atoms with Crippen LogP contribution in [0.2, 0.25) is 0 Å². The molecule has 10 heteroatoms. The van der Waals surface area contributed by atoms with Gasteiger partial charge in [-0.1, -0.05) is 208 Å². The van der Waals surface area contributed by atoms with Crippen LogP contribution in [0.25, 0.3) is 0 Å². The Hall–Kier alpha value is -2.36. The van der Waals surface area contributed by atoms with E-state index in [-0.39, 0.29) is 13.0 Å². The summed E-state index contributed by atoms with van der Waals surface area (Å²) in [6.45, 7) is 3.36. The maximum absolute atomic E-state index is 12.7. The number of carbonyl (C=O) groups is 1. The van der Waals surface area contributed by atoms with Gasteiger partial charge in [0.25, 0.3) is 0 Å². The van der Waals surface area contributed by atoms with E-state index in [4.69, 9.17) is 23.6 Å². The Labute approximate surface area is 405 Å². The molecule has 66 heavy (non-hydrogen) atoms. The lowest BCUT2D eigenvalue weighted by Gasteiger charge is -2.20. The third kappa shape index (κ3) is 51.0. The number of hydrogen-bond acceptors (Lipinski definition) is 8. The van der Waals surface area contributed by atoms with Crippen LogP contribution in [0.5, 0.6) is 0 Å². The van der Waals surface area contributed by atoms with E-state index >= 15 is 0 Å². The third-order valence-corrected chi connectivity index (χ3v) is 12.0.